The Morgan fingerprint density at radius 3 is 1.75 bits per heavy atom. The quantitative estimate of drug-likeness (QED) is 0.269. The molecule has 4 heteroatoms. The summed E-state index contributed by atoms with van der Waals surface area (Å²) in [5.74, 6) is -0.780. The van der Waals surface area contributed by atoms with Crippen LogP contribution < -0.4 is 17.2 Å². The first kappa shape index (κ1) is 6.35. The molecule has 2 atom stereocenters. The summed E-state index contributed by atoms with van der Waals surface area (Å²) < 4.78 is 0. The van der Waals surface area contributed by atoms with Crippen molar-refractivity contribution in [3.8, 4) is 0 Å². The van der Waals surface area contributed by atoms with Crippen LogP contribution in [0.2, 0.25) is 0 Å². The van der Waals surface area contributed by atoms with Gasteiger partial charge in [-0.15, -0.1) is 0 Å². The molecule has 6 N–H and O–H groups in total. The zero-order valence-electron chi connectivity index (χ0n) is 4.54. The Morgan fingerprint density at radius 2 is 1.75 bits per heavy atom. The van der Waals surface area contributed by atoms with Gasteiger partial charge in [0.2, 0.25) is 0 Å². The topological polar surface area (TPSA) is 78.1 Å². The molecule has 1 aliphatic carbocycles. The summed E-state index contributed by atoms with van der Waals surface area (Å²) in [6.45, 7) is 0. The zero-order valence-corrected chi connectivity index (χ0v) is 5.44. The number of rotatable bonds is 1. The predicted molar refractivity (Wildman–Crippen MR) is 36.2 cm³/mol. The van der Waals surface area contributed by atoms with Crippen LogP contribution in [0.4, 0.5) is 0 Å². The van der Waals surface area contributed by atoms with Crippen molar-refractivity contribution in [2.45, 2.75) is 17.5 Å². The molecule has 1 aliphatic rings. The minimum atomic E-state index is -0.994. The third-order valence-electron chi connectivity index (χ3n) is 1.40. The average molecular weight is 133 g/mol. The van der Waals surface area contributed by atoms with Gasteiger partial charge in [-0.2, -0.15) is 12.6 Å². The summed E-state index contributed by atoms with van der Waals surface area (Å²) in [6, 6.07) is 0. The van der Waals surface area contributed by atoms with Gasteiger partial charge in [0.05, 0.1) is 0 Å². The largest absolute Gasteiger partial charge is 0.301 e. The highest BCUT2D eigenvalue weighted by Gasteiger charge is 2.44. The molecule has 0 aromatic rings. The van der Waals surface area contributed by atoms with Gasteiger partial charge in [0, 0.05) is 11.2 Å². The van der Waals surface area contributed by atoms with Crippen molar-refractivity contribution in [1.82, 2.24) is 0 Å². The minimum absolute atomic E-state index is 0.214. The van der Waals surface area contributed by atoms with Crippen LogP contribution in [0.15, 0.2) is 0 Å². The van der Waals surface area contributed by atoms with Gasteiger partial charge in [-0.05, 0) is 6.42 Å². The molecule has 0 spiro atoms. The van der Waals surface area contributed by atoms with E-state index in [4.69, 9.17) is 17.2 Å². The summed E-state index contributed by atoms with van der Waals surface area (Å²) in [5.41, 5.74) is 16.0. The lowest BCUT2D eigenvalue weighted by Crippen LogP contribution is -2.60. The van der Waals surface area contributed by atoms with Crippen LogP contribution in [0.25, 0.3) is 0 Å². The summed E-state index contributed by atoms with van der Waals surface area (Å²) in [5, 5.41) is 0.329. The van der Waals surface area contributed by atoms with Crippen molar-refractivity contribution in [3.63, 3.8) is 0 Å². The number of hydrogen-bond donors (Lipinski definition) is 4. The normalized spacial score (nSPS) is 37.5. The fourth-order valence-corrected chi connectivity index (χ4v) is 1.20. The summed E-state index contributed by atoms with van der Waals surface area (Å²) in [4.78, 5) is 0. The summed E-state index contributed by atoms with van der Waals surface area (Å²) in [6.07, 6.45) is 0.951. The van der Waals surface area contributed by atoms with E-state index in [9.17, 15) is 0 Å². The van der Waals surface area contributed by atoms with E-state index in [0.29, 0.717) is 5.25 Å². The van der Waals surface area contributed by atoms with Gasteiger partial charge >= 0.3 is 0 Å². The van der Waals surface area contributed by atoms with Gasteiger partial charge in [-0.1, -0.05) is 0 Å². The fourth-order valence-electron chi connectivity index (χ4n) is 0.719. The Kier molecular flexibility index (Phi) is 1.27. The van der Waals surface area contributed by atoms with Crippen LogP contribution in [-0.2, 0) is 0 Å². The lowest BCUT2D eigenvalue weighted by atomic mass is 10.2. The number of thiol groups is 1. The molecular formula is C4H11N3S. The molecule has 1 unspecified atom stereocenters. The van der Waals surface area contributed by atoms with Crippen LogP contribution in [0.1, 0.15) is 6.42 Å². The molecule has 0 radical (unpaired) electrons. The Hall–Kier alpha value is 0.230. The van der Waals surface area contributed by atoms with Gasteiger partial charge in [-0.3, -0.25) is 0 Å². The molecule has 0 amide bonds. The minimum Gasteiger partial charge on any atom is -0.301 e. The first-order valence-corrected chi connectivity index (χ1v) is 3.08. The van der Waals surface area contributed by atoms with E-state index in [1.165, 1.54) is 0 Å². The fraction of sp³-hybridized carbons (Fsp3) is 1.00. The molecule has 0 saturated heterocycles. The van der Waals surface area contributed by atoms with E-state index in [1.807, 2.05) is 0 Å². The van der Waals surface area contributed by atoms with Gasteiger partial charge in [-0.25, -0.2) is 0 Å². The van der Waals surface area contributed by atoms with E-state index in [2.05, 4.69) is 12.6 Å². The van der Waals surface area contributed by atoms with E-state index in [0.717, 1.165) is 6.42 Å². The third-order valence-corrected chi connectivity index (χ3v) is 1.97. The van der Waals surface area contributed by atoms with Crippen LogP contribution in [0, 0.1) is 5.92 Å². The maximum Gasteiger partial charge on any atom is 0.119 e. The van der Waals surface area contributed by atoms with Gasteiger partial charge < -0.3 is 17.2 Å². The summed E-state index contributed by atoms with van der Waals surface area (Å²) >= 11 is 4.13. The second kappa shape index (κ2) is 1.60. The molecule has 1 fully saturated rings. The predicted octanol–water partition coefficient (Wildman–Crippen LogP) is -1.17. The standard InChI is InChI=1S/C4H11N3S/c5-4(6,7)2-1-3(2)8/h2-3,8H,1,5-7H2/t2-,3?/m0/s1. The maximum absolute atomic E-state index is 5.34. The second-order valence-corrected chi connectivity index (χ2v) is 3.07. The molecular weight excluding hydrogens is 122 g/mol. The molecule has 1 rings (SSSR count). The SMILES string of the molecule is NC(N)(N)[C@H]1CC1S. The smallest absolute Gasteiger partial charge is 0.119 e. The maximum atomic E-state index is 5.34. The molecule has 8 heavy (non-hydrogen) atoms. The first-order chi connectivity index (χ1) is 3.52. The van der Waals surface area contributed by atoms with Crippen molar-refractivity contribution in [3.05, 3.63) is 0 Å². The Morgan fingerprint density at radius 1 is 1.38 bits per heavy atom. The average Bonchev–Trinajstić information content (AvgIpc) is 2.13. The van der Waals surface area contributed by atoms with Crippen LogP contribution in [0.3, 0.4) is 0 Å². The van der Waals surface area contributed by atoms with E-state index >= 15 is 0 Å². The third kappa shape index (κ3) is 1.14. The lowest BCUT2D eigenvalue weighted by Gasteiger charge is -2.16. The molecule has 1 saturated carbocycles. The van der Waals surface area contributed by atoms with Crippen LogP contribution in [-0.4, -0.2) is 11.0 Å². The Balaban J connectivity index is 2.39. The lowest BCUT2D eigenvalue weighted by molar-refractivity contribution is 0.403. The Labute approximate surface area is 54.0 Å². The van der Waals surface area contributed by atoms with Crippen molar-refractivity contribution in [2.24, 2.45) is 23.1 Å². The van der Waals surface area contributed by atoms with E-state index in [1.54, 1.807) is 0 Å². The number of hydrogen-bond acceptors (Lipinski definition) is 4. The Bertz CT molecular complexity index is 97.9. The van der Waals surface area contributed by atoms with Crippen molar-refractivity contribution in [1.29, 1.82) is 0 Å². The van der Waals surface area contributed by atoms with Crippen molar-refractivity contribution in [2.75, 3.05) is 0 Å². The van der Waals surface area contributed by atoms with Gasteiger partial charge in [0.1, 0.15) is 5.79 Å². The van der Waals surface area contributed by atoms with Crippen molar-refractivity contribution < 1.29 is 0 Å². The van der Waals surface area contributed by atoms with Crippen LogP contribution >= 0.6 is 12.6 Å². The molecule has 0 heterocycles. The highest BCUT2D eigenvalue weighted by Crippen LogP contribution is 2.38. The first-order valence-electron chi connectivity index (χ1n) is 2.56. The molecule has 48 valence electrons. The van der Waals surface area contributed by atoms with Crippen molar-refractivity contribution >= 4 is 12.6 Å². The zero-order chi connectivity index (χ0) is 6.36. The highest BCUT2D eigenvalue weighted by atomic mass is 32.1. The van der Waals surface area contributed by atoms with Gasteiger partial charge in [0.15, 0.2) is 0 Å². The second-order valence-electron chi connectivity index (χ2n) is 2.41. The van der Waals surface area contributed by atoms with E-state index in [-0.39, 0.29) is 5.92 Å². The highest BCUT2D eigenvalue weighted by molar-refractivity contribution is 7.81. The van der Waals surface area contributed by atoms with E-state index < -0.39 is 5.79 Å². The van der Waals surface area contributed by atoms with Crippen LogP contribution in [0.5, 0.6) is 0 Å². The molecule has 0 bridgehead atoms. The molecule has 0 aromatic carbocycles. The summed E-state index contributed by atoms with van der Waals surface area (Å²) in [7, 11) is 0. The van der Waals surface area contributed by atoms with Gasteiger partial charge in [0.25, 0.3) is 0 Å². The molecule has 0 aliphatic heterocycles. The number of nitrogens with two attached hydrogens (primary N) is 3. The monoisotopic (exact) mass is 133 g/mol. The molecule has 3 nitrogen and oxygen atoms in total. The molecule has 0 aromatic heterocycles.